The minimum absolute atomic E-state index is 0.188. The number of benzene rings is 1. The number of rotatable bonds is 2. The highest BCUT2D eigenvalue weighted by Crippen LogP contribution is 2.31. The van der Waals surface area contributed by atoms with Crippen molar-refractivity contribution in [3.63, 3.8) is 0 Å². The maximum Gasteiger partial charge on any atom is 0.139 e. The Hall–Kier alpha value is -0.610. The van der Waals surface area contributed by atoms with Gasteiger partial charge in [-0.2, -0.15) is 0 Å². The van der Waals surface area contributed by atoms with E-state index in [9.17, 15) is 4.39 Å². The summed E-state index contributed by atoms with van der Waals surface area (Å²) < 4.78 is 14.1. The average molecular weight is 313 g/mol. The summed E-state index contributed by atoms with van der Waals surface area (Å²) in [6, 6.07) is 3.96. The molecule has 2 fully saturated rings. The standard InChI is InChI=1S/C14H18BrFN2/c1-9-6-11(15)12(16)7-14(9)17-13-3-5-18-4-2-10(13)8-18/h6-7,10,13,17H,2-5,8H2,1H3. The Morgan fingerprint density at radius 2 is 2.11 bits per heavy atom. The Balaban J connectivity index is 1.78. The van der Waals surface area contributed by atoms with Crippen molar-refractivity contribution >= 4 is 21.6 Å². The van der Waals surface area contributed by atoms with Gasteiger partial charge < -0.3 is 10.2 Å². The van der Waals surface area contributed by atoms with Crippen molar-refractivity contribution < 1.29 is 4.39 Å². The van der Waals surface area contributed by atoms with Crippen LogP contribution in [0.25, 0.3) is 0 Å². The molecule has 2 nitrogen and oxygen atoms in total. The first-order valence-corrected chi connectivity index (χ1v) is 7.37. The summed E-state index contributed by atoms with van der Waals surface area (Å²) in [6.07, 6.45) is 2.44. The van der Waals surface area contributed by atoms with Crippen LogP contribution in [0.1, 0.15) is 18.4 Å². The molecule has 2 heterocycles. The fourth-order valence-corrected chi connectivity index (χ4v) is 3.60. The van der Waals surface area contributed by atoms with Gasteiger partial charge in [0.1, 0.15) is 5.82 Å². The van der Waals surface area contributed by atoms with E-state index in [0.717, 1.165) is 17.2 Å². The van der Waals surface area contributed by atoms with Gasteiger partial charge >= 0.3 is 0 Å². The zero-order chi connectivity index (χ0) is 12.7. The van der Waals surface area contributed by atoms with Gasteiger partial charge in [0.05, 0.1) is 4.47 Å². The molecule has 3 unspecified atom stereocenters. The second-order valence-corrected chi connectivity index (χ2v) is 6.32. The Morgan fingerprint density at radius 3 is 2.94 bits per heavy atom. The number of hydrogen-bond acceptors (Lipinski definition) is 2. The van der Waals surface area contributed by atoms with Crippen LogP contribution in [0.2, 0.25) is 0 Å². The molecule has 18 heavy (non-hydrogen) atoms. The summed E-state index contributed by atoms with van der Waals surface area (Å²) in [4.78, 5) is 2.53. The highest BCUT2D eigenvalue weighted by Gasteiger charge is 2.34. The Kier molecular flexibility index (Phi) is 3.32. The number of nitrogens with one attached hydrogen (secondary N) is 1. The third kappa shape index (κ3) is 2.28. The first-order chi connectivity index (χ1) is 8.63. The van der Waals surface area contributed by atoms with Gasteiger partial charge in [0.25, 0.3) is 0 Å². The van der Waals surface area contributed by atoms with Crippen molar-refractivity contribution in [1.29, 1.82) is 0 Å². The fraction of sp³-hybridized carbons (Fsp3) is 0.571. The molecule has 0 amide bonds. The van der Waals surface area contributed by atoms with Gasteiger partial charge in [-0.15, -0.1) is 0 Å². The summed E-state index contributed by atoms with van der Waals surface area (Å²) in [5, 5.41) is 3.56. The highest BCUT2D eigenvalue weighted by atomic mass is 79.9. The van der Waals surface area contributed by atoms with Crippen molar-refractivity contribution in [1.82, 2.24) is 4.90 Å². The lowest BCUT2D eigenvalue weighted by Crippen LogP contribution is -2.39. The van der Waals surface area contributed by atoms with Crippen LogP contribution in [0, 0.1) is 18.7 Å². The topological polar surface area (TPSA) is 15.3 Å². The largest absolute Gasteiger partial charge is 0.382 e. The van der Waals surface area contributed by atoms with Crippen LogP contribution in [0.3, 0.4) is 0 Å². The molecule has 4 heteroatoms. The molecule has 0 aromatic heterocycles. The van der Waals surface area contributed by atoms with E-state index < -0.39 is 0 Å². The molecule has 1 N–H and O–H groups in total. The van der Waals surface area contributed by atoms with Gasteiger partial charge in [-0.3, -0.25) is 0 Å². The molecule has 0 saturated carbocycles. The number of halogens is 2. The molecule has 1 aromatic carbocycles. The smallest absolute Gasteiger partial charge is 0.139 e. The first kappa shape index (κ1) is 12.4. The molecule has 3 atom stereocenters. The molecule has 2 saturated heterocycles. The predicted octanol–water partition coefficient (Wildman–Crippen LogP) is 3.40. The van der Waals surface area contributed by atoms with Crippen molar-refractivity contribution in [3.8, 4) is 0 Å². The Morgan fingerprint density at radius 1 is 1.33 bits per heavy atom. The number of piperidine rings is 1. The second-order valence-electron chi connectivity index (χ2n) is 5.47. The van der Waals surface area contributed by atoms with E-state index >= 15 is 0 Å². The van der Waals surface area contributed by atoms with Crippen LogP contribution in [0.4, 0.5) is 10.1 Å². The number of hydrogen-bond donors (Lipinski definition) is 1. The molecule has 1 aromatic rings. The third-order valence-electron chi connectivity index (χ3n) is 4.24. The van der Waals surface area contributed by atoms with E-state index in [1.807, 2.05) is 13.0 Å². The summed E-state index contributed by atoms with van der Waals surface area (Å²) in [7, 11) is 0. The SMILES string of the molecule is Cc1cc(Br)c(F)cc1NC1CCN2CCC1C2. The maximum absolute atomic E-state index is 13.6. The van der Waals surface area contributed by atoms with E-state index in [4.69, 9.17) is 0 Å². The van der Waals surface area contributed by atoms with Gasteiger partial charge in [-0.1, -0.05) is 0 Å². The van der Waals surface area contributed by atoms with Crippen LogP contribution in [-0.2, 0) is 0 Å². The average Bonchev–Trinajstić information content (AvgIpc) is 2.72. The number of aryl methyl sites for hydroxylation is 1. The molecule has 98 valence electrons. The zero-order valence-corrected chi connectivity index (χ0v) is 12.1. The molecule has 0 aliphatic carbocycles. The maximum atomic E-state index is 13.6. The van der Waals surface area contributed by atoms with E-state index in [2.05, 4.69) is 26.1 Å². The quantitative estimate of drug-likeness (QED) is 0.900. The lowest BCUT2D eigenvalue weighted by Gasteiger charge is -2.32. The van der Waals surface area contributed by atoms with Gasteiger partial charge in [0.15, 0.2) is 0 Å². The van der Waals surface area contributed by atoms with E-state index in [1.54, 1.807) is 6.07 Å². The van der Waals surface area contributed by atoms with Crippen LogP contribution < -0.4 is 5.32 Å². The normalized spacial score (nSPS) is 30.5. The van der Waals surface area contributed by atoms with Crippen molar-refractivity contribution in [2.75, 3.05) is 25.0 Å². The monoisotopic (exact) mass is 312 g/mol. The molecular formula is C14H18BrFN2. The van der Waals surface area contributed by atoms with Crippen LogP contribution in [0.15, 0.2) is 16.6 Å². The molecule has 0 spiro atoms. The summed E-state index contributed by atoms with van der Waals surface area (Å²) in [6.45, 7) is 5.63. The van der Waals surface area contributed by atoms with Gasteiger partial charge in [0.2, 0.25) is 0 Å². The van der Waals surface area contributed by atoms with Crippen molar-refractivity contribution in [2.24, 2.45) is 5.92 Å². The molecule has 0 radical (unpaired) electrons. The fourth-order valence-electron chi connectivity index (χ4n) is 3.14. The molecular weight excluding hydrogens is 295 g/mol. The minimum atomic E-state index is -0.188. The summed E-state index contributed by atoms with van der Waals surface area (Å²) >= 11 is 3.23. The third-order valence-corrected chi connectivity index (χ3v) is 4.85. The minimum Gasteiger partial charge on any atom is -0.382 e. The van der Waals surface area contributed by atoms with Crippen LogP contribution >= 0.6 is 15.9 Å². The lowest BCUT2D eigenvalue weighted by molar-refractivity contribution is 0.255. The molecule has 2 aliphatic heterocycles. The summed E-state index contributed by atoms with van der Waals surface area (Å²) in [5.74, 6) is 0.539. The Bertz CT molecular complexity index is 463. The number of nitrogens with zero attached hydrogens (tertiary/aromatic N) is 1. The van der Waals surface area contributed by atoms with E-state index in [1.165, 1.54) is 32.5 Å². The van der Waals surface area contributed by atoms with Crippen LogP contribution in [0.5, 0.6) is 0 Å². The van der Waals surface area contributed by atoms with Crippen molar-refractivity contribution in [3.05, 3.63) is 28.0 Å². The van der Waals surface area contributed by atoms with Gasteiger partial charge in [-0.05, 0) is 65.9 Å². The predicted molar refractivity (Wildman–Crippen MR) is 75.4 cm³/mol. The van der Waals surface area contributed by atoms with Gasteiger partial charge in [-0.25, -0.2) is 4.39 Å². The van der Waals surface area contributed by atoms with E-state index in [-0.39, 0.29) is 5.82 Å². The van der Waals surface area contributed by atoms with Crippen LogP contribution in [-0.4, -0.2) is 30.6 Å². The zero-order valence-electron chi connectivity index (χ0n) is 10.5. The van der Waals surface area contributed by atoms with Gasteiger partial charge in [0, 0.05) is 24.8 Å². The number of anilines is 1. The molecule has 2 aliphatic rings. The van der Waals surface area contributed by atoms with Crippen molar-refractivity contribution in [2.45, 2.75) is 25.8 Å². The Labute approximate surface area is 116 Å². The highest BCUT2D eigenvalue weighted by molar-refractivity contribution is 9.10. The van der Waals surface area contributed by atoms with E-state index in [0.29, 0.717) is 10.5 Å². The number of fused-ring (bicyclic) bond motifs is 2. The lowest BCUT2D eigenvalue weighted by atomic mass is 9.93. The molecule has 3 rings (SSSR count). The summed E-state index contributed by atoms with van der Waals surface area (Å²) in [5.41, 5.74) is 2.05. The molecule has 2 bridgehead atoms. The second kappa shape index (κ2) is 4.82. The first-order valence-electron chi connectivity index (χ1n) is 6.58.